The van der Waals surface area contributed by atoms with Crippen LogP contribution in [0.3, 0.4) is 0 Å². The number of rotatable bonds is 3. The minimum Gasteiger partial charge on any atom is -0.372 e. The number of thioether (sulfide) groups is 1. The van der Waals surface area contributed by atoms with Crippen molar-refractivity contribution in [1.29, 1.82) is 0 Å². The Kier molecular flexibility index (Phi) is 4.45. The summed E-state index contributed by atoms with van der Waals surface area (Å²) in [6, 6.07) is 1.30. The van der Waals surface area contributed by atoms with Crippen LogP contribution in [0.4, 0.5) is 0 Å². The fourth-order valence-electron chi connectivity index (χ4n) is 3.04. The lowest BCUT2D eigenvalue weighted by Crippen LogP contribution is -2.44. The highest BCUT2D eigenvalue weighted by molar-refractivity contribution is 7.99. The molecule has 1 aromatic heterocycles. The lowest BCUT2D eigenvalue weighted by Gasteiger charge is -2.34. The summed E-state index contributed by atoms with van der Waals surface area (Å²) < 4.78 is 7.99. The minimum absolute atomic E-state index is 0.204. The molecule has 1 aromatic rings. The van der Waals surface area contributed by atoms with Crippen molar-refractivity contribution in [2.24, 2.45) is 7.05 Å². The largest absolute Gasteiger partial charge is 0.372 e. The van der Waals surface area contributed by atoms with E-state index in [-0.39, 0.29) is 6.10 Å². The number of aromatic nitrogens is 2. The van der Waals surface area contributed by atoms with E-state index in [4.69, 9.17) is 4.74 Å². The van der Waals surface area contributed by atoms with Crippen LogP contribution >= 0.6 is 11.8 Å². The summed E-state index contributed by atoms with van der Waals surface area (Å²) >= 11 is 2.08. The first-order valence-corrected chi connectivity index (χ1v) is 8.40. The van der Waals surface area contributed by atoms with Gasteiger partial charge in [-0.25, -0.2) is 4.98 Å². The van der Waals surface area contributed by atoms with Gasteiger partial charge in [-0.3, -0.25) is 0 Å². The van der Waals surface area contributed by atoms with E-state index in [1.54, 1.807) is 0 Å². The van der Waals surface area contributed by atoms with Crippen molar-refractivity contribution in [2.75, 3.05) is 18.1 Å². The highest BCUT2D eigenvalue weighted by Gasteiger charge is 2.27. The van der Waals surface area contributed by atoms with Crippen molar-refractivity contribution in [3.05, 3.63) is 18.2 Å². The van der Waals surface area contributed by atoms with Gasteiger partial charge in [0.2, 0.25) is 0 Å². The Bertz CT molecular complexity index is 403. The molecule has 4 nitrogen and oxygen atoms in total. The summed E-state index contributed by atoms with van der Waals surface area (Å²) in [4.78, 5) is 4.20. The molecule has 5 heteroatoms. The van der Waals surface area contributed by atoms with E-state index in [0.717, 1.165) is 19.4 Å². The number of aryl methyl sites for hydroxylation is 1. The quantitative estimate of drug-likeness (QED) is 0.921. The summed E-state index contributed by atoms with van der Waals surface area (Å²) in [6.45, 7) is 0.855. The molecule has 2 aliphatic rings. The van der Waals surface area contributed by atoms with E-state index in [2.05, 4.69) is 26.6 Å². The van der Waals surface area contributed by atoms with E-state index >= 15 is 0 Å². The van der Waals surface area contributed by atoms with Crippen LogP contribution in [-0.2, 0) is 11.8 Å². The summed E-state index contributed by atoms with van der Waals surface area (Å²) in [5, 5.41) is 3.84. The first-order chi connectivity index (χ1) is 9.33. The van der Waals surface area contributed by atoms with Gasteiger partial charge in [0, 0.05) is 31.5 Å². The molecule has 106 valence electrons. The van der Waals surface area contributed by atoms with Crippen molar-refractivity contribution in [3.8, 4) is 0 Å². The van der Waals surface area contributed by atoms with Crippen LogP contribution in [0.15, 0.2) is 12.5 Å². The second-order valence-corrected chi connectivity index (χ2v) is 6.74. The molecule has 2 aliphatic heterocycles. The number of hydrogen-bond acceptors (Lipinski definition) is 4. The molecule has 3 rings (SSSR count). The maximum absolute atomic E-state index is 5.92. The van der Waals surface area contributed by atoms with Crippen molar-refractivity contribution in [2.45, 2.75) is 43.9 Å². The van der Waals surface area contributed by atoms with Gasteiger partial charge in [0.1, 0.15) is 6.10 Å². The Labute approximate surface area is 119 Å². The molecule has 19 heavy (non-hydrogen) atoms. The first-order valence-electron chi connectivity index (χ1n) is 7.24. The van der Waals surface area contributed by atoms with Crippen LogP contribution in [0.25, 0.3) is 0 Å². The van der Waals surface area contributed by atoms with Gasteiger partial charge in [0.15, 0.2) is 0 Å². The number of imidazole rings is 1. The van der Waals surface area contributed by atoms with Crippen molar-refractivity contribution >= 4 is 11.8 Å². The lowest BCUT2D eigenvalue weighted by molar-refractivity contribution is -0.00541. The molecule has 0 radical (unpaired) electrons. The Hall–Kier alpha value is -0.520. The SMILES string of the molecule is Cn1cncc1[C@@H]1C[C@@H](N[C@H]2CCCSC2)CCO1. The molecule has 3 atom stereocenters. The lowest BCUT2D eigenvalue weighted by atomic mass is 9.99. The highest BCUT2D eigenvalue weighted by atomic mass is 32.2. The molecule has 0 bridgehead atoms. The van der Waals surface area contributed by atoms with E-state index < -0.39 is 0 Å². The van der Waals surface area contributed by atoms with Crippen molar-refractivity contribution in [1.82, 2.24) is 14.9 Å². The molecule has 0 saturated carbocycles. The standard InChI is InChI=1S/C14H23N3OS/c1-17-10-15-8-13(17)14-7-11(4-5-18-14)16-12-3-2-6-19-9-12/h8,10-12,14,16H,2-7,9H2,1H3/t11-,12-,14-/m0/s1. The smallest absolute Gasteiger partial charge is 0.100 e. The molecule has 0 aromatic carbocycles. The predicted octanol–water partition coefficient (Wildman–Crippen LogP) is 2.13. The Morgan fingerprint density at radius 2 is 2.37 bits per heavy atom. The van der Waals surface area contributed by atoms with Gasteiger partial charge >= 0.3 is 0 Å². The maximum atomic E-state index is 5.92. The summed E-state index contributed by atoms with van der Waals surface area (Å²) in [5.41, 5.74) is 1.20. The fraction of sp³-hybridized carbons (Fsp3) is 0.786. The molecular weight excluding hydrogens is 258 g/mol. The molecule has 0 unspecified atom stereocenters. The first kappa shape index (κ1) is 13.5. The summed E-state index contributed by atoms with van der Waals surface area (Å²) in [7, 11) is 2.04. The topological polar surface area (TPSA) is 39.1 Å². The van der Waals surface area contributed by atoms with Crippen molar-refractivity contribution < 1.29 is 4.74 Å². The Morgan fingerprint density at radius 1 is 1.42 bits per heavy atom. The van der Waals surface area contributed by atoms with E-state index in [9.17, 15) is 0 Å². The second-order valence-electron chi connectivity index (χ2n) is 5.59. The third-order valence-corrected chi connectivity index (χ3v) is 5.31. The van der Waals surface area contributed by atoms with E-state index in [1.807, 2.05) is 19.6 Å². The fourth-order valence-corrected chi connectivity index (χ4v) is 4.12. The average molecular weight is 281 g/mol. The highest BCUT2D eigenvalue weighted by Crippen LogP contribution is 2.28. The van der Waals surface area contributed by atoms with Crippen LogP contribution in [0, 0.1) is 0 Å². The Morgan fingerprint density at radius 3 is 3.11 bits per heavy atom. The zero-order valence-corrected chi connectivity index (χ0v) is 12.4. The maximum Gasteiger partial charge on any atom is 0.100 e. The van der Waals surface area contributed by atoms with Crippen molar-refractivity contribution in [3.63, 3.8) is 0 Å². The molecule has 2 fully saturated rings. The monoisotopic (exact) mass is 281 g/mol. The van der Waals surface area contributed by atoms with Gasteiger partial charge in [-0.15, -0.1) is 0 Å². The Balaban J connectivity index is 1.57. The van der Waals surface area contributed by atoms with E-state index in [1.165, 1.54) is 30.0 Å². The number of hydrogen-bond donors (Lipinski definition) is 1. The van der Waals surface area contributed by atoms with Gasteiger partial charge in [-0.1, -0.05) is 0 Å². The van der Waals surface area contributed by atoms with Crippen LogP contribution in [0.1, 0.15) is 37.5 Å². The summed E-state index contributed by atoms with van der Waals surface area (Å²) in [6.07, 6.45) is 8.89. The third kappa shape index (κ3) is 3.33. The predicted molar refractivity (Wildman–Crippen MR) is 78.4 cm³/mol. The van der Waals surface area contributed by atoms with Gasteiger partial charge in [-0.05, 0) is 31.4 Å². The molecule has 0 spiro atoms. The molecular formula is C14H23N3OS. The normalized spacial score (nSPS) is 32.4. The third-order valence-electron chi connectivity index (χ3n) is 4.10. The zero-order chi connectivity index (χ0) is 13.1. The number of nitrogens with one attached hydrogen (secondary N) is 1. The molecule has 0 aliphatic carbocycles. The van der Waals surface area contributed by atoms with Gasteiger partial charge in [0.25, 0.3) is 0 Å². The molecule has 3 heterocycles. The number of ether oxygens (including phenoxy) is 1. The van der Waals surface area contributed by atoms with Crippen LogP contribution < -0.4 is 5.32 Å². The van der Waals surface area contributed by atoms with E-state index in [0.29, 0.717) is 12.1 Å². The average Bonchev–Trinajstić information content (AvgIpc) is 2.86. The molecule has 2 saturated heterocycles. The van der Waals surface area contributed by atoms with Crippen LogP contribution in [-0.4, -0.2) is 39.7 Å². The van der Waals surface area contributed by atoms with Crippen LogP contribution in [0.2, 0.25) is 0 Å². The molecule has 1 N–H and O–H groups in total. The number of nitrogens with zero attached hydrogens (tertiary/aromatic N) is 2. The second kappa shape index (κ2) is 6.29. The van der Waals surface area contributed by atoms with Gasteiger partial charge in [-0.2, -0.15) is 11.8 Å². The molecule has 0 amide bonds. The summed E-state index contributed by atoms with van der Waals surface area (Å²) in [5.74, 6) is 2.61. The van der Waals surface area contributed by atoms with Gasteiger partial charge in [0.05, 0.1) is 18.2 Å². The van der Waals surface area contributed by atoms with Crippen LogP contribution in [0.5, 0.6) is 0 Å². The minimum atomic E-state index is 0.204. The van der Waals surface area contributed by atoms with Gasteiger partial charge < -0.3 is 14.6 Å². The zero-order valence-electron chi connectivity index (χ0n) is 11.5.